The number of nitrogens with zero attached hydrogens (tertiary/aromatic N) is 4. The number of likely N-dealkylation sites (tertiary alicyclic amines) is 1. The lowest BCUT2D eigenvalue weighted by molar-refractivity contribution is 0.180. The first-order valence-electron chi connectivity index (χ1n) is 8.01. The number of piperidine rings is 1. The minimum atomic E-state index is 0.0627. The molecule has 0 bridgehead atoms. The summed E-state index contributed by atoms with van der Waals surface area (Å²) >= 11 is 0. The van der Waals surface area contributed by atoms with E-state index in [1.807, 2.05) is 17.9 Å². The smallest absolute Gasteiger partial charge is 0.317 e. The zero-order valence-corrected chi connectivity index (χ0v) is 14.0. The van der Waals surface area contributed by atoms with E-state index in [1.165, 1.54) is 0 Å². The van der Waals surface area contributed by atoms with Crippen molar-refractivity contribution in [2.75, 3.05) is 31.6 Å². The highest BCUT2D eigenvalue weighted by atomic mass is 16.2. The van der Waals surface area contributed by atoms with Crippen LogP contribution in [0.2, 0.25) is 0 Å². The Labute approximate surface area is 132 Å². The van der Waals surface area contributed by atoms with Crippen LogP contribution in [0.1, 0.15) is 32.4 Å². The van der Waals surface area contributed by atoms with Gasteiger partial charge in [-0.2, -0.15) is 0 Å². The summed E-state index contributed by atoms with van der Waals surface area (Å²) in [7, 11) is 2.07. The zero-order valence-electron chi connectivity index (χ0n) is 14.0. The van der Waals surface area contributed by atoms with E-state index in [0.29, 0.717) is 12.0 Å². The molecule has 0 unspecified atom stereocenters. The first kappa shape index (κ1) is 16.5. The quantitative estimate of drug-likeness (QED) is 0.925. The number of aromatic nitrogens is 2. The Morgan fingerprint density at radius 1 is 1.41 bits per heavy atom. The van der Waals surface area contributed by atoms with Crippen molar-refractivity contribution in [2.24, 2.45) is 5.92 Å². The molecule has 6 heteroatoms. The molecule has 1 aliphatic heterocycles. The number of aryl methyl sites for hydroxylation is 1. The highest BCUT2D eigenvalue weighted by molar-refractivity contribution is 5.74. The molecule has 2 amide bonds. The number of hydrogen-bond donors (Lipinski definition) is 1. The molecule has 22 heavy (non-hydrogen) atoms. The van der Waals surface area contributed by atoms with Crippen LogP contribution in [0.4, 0.5) is 10.6 Å². The van der Waals surface area contributed by atoms with Crippen molar-refractivity contribution in [1.29, 1.82) is 0 Å². The average molecular weight is 305 g/mol. The first-order valence-corrected chi connectivity index (χ1v) is 8.01. The molecule has 1 N–H and O–H groups in total. The number of carbonyl (C=O) groups is 1. The second-order valence-corrected chi connectivity index (χ2v) is 6.43. The standard InChI is InChI=1S/C16H27N5O/c1-12(2)10-17-16(22)21-7-5-14(6-8-21)20(4)15-9-13(3)18-11-19-15/h9,11-12,14H,5-8,10H2,1-4H3,(H,17,22). The molecular formula is C16H27N5O. The summed E-state index contributed by atoms with van der Waals surface area (Å²) < 4.78 is 0. The summed E-state index contributed by atoms with van der Waals surface area (Å²) in [5, 5.41) is 2.99. The van der Waals surface area contributed by atoms with E-state index in [9.17, 15) is 4.79 Å². The number of hydrogen-bond acceptors (Lipinski definition) is 4. The van der Waals surface area contributed by atoms with Gasteiger partial charge in [0.15, 0.2) is 0 Å². The molecule has 2 rings (SSSR count). The Morgan fingerprint density at radius 3 is 2.68 bits per heavy atom. The number of carbonyl (C=O) groups excluding carboxylic acids is 1. The fourth-order valence-corrected chi connectivity index (χ4v) is 2.68. The van der Waals surface area contributed by atoms with Crippen LogP contribution in [0.15, 0.2) is 12.4 Å². The largest absolute Gasteiger partial charge is 0.356 e. The lowest BCUT2D eigenvalue weighted by Gasteiger charge is -2.37. The fraction of sp³-hybridized carbons (Fsp3) is 0.688. The molecule has 0 radical (unpaired) electrons. The molecular weight excluding hydrogens is 278 g/mol. The normalized spacial score (nSPS) is 16.0. The van der Waals surface area contributed by atoms with E-state index in [4.69, 9.17) is 0 Å². The highest BCUT2D eigenvalue weighted by Crippen LogP contribution is 2.20. The van der Waals surface area contributed by atoms with Gasteiger partial charge in [0.1, 0.15) is 12.1 Å². The molecule has 0 aliphatic carbocycles. The third-order valence-corrected chi connectivity index (χ3v) is 4.11. The predicted octanol–water partition coefficient (Wildman–Crippen LogP) is 2.05. The highest BCUT2D eigenvalue weighted by Gasteiger charge is 2.25. The van der Waals surface area contributed by atoms with Gasteiger partial charge in [-0.25, -0.2) is 14.8 Å². The van der Waals surface area contributed by atoms with Crippen LogP contribution in [0.5, 0.6) is 0 Å². The molecule has 1 aromatic heterocycles. The van der Waals surface area contributed by atoms with Gasteiger partial charge in [0.2, 0.25) is 0 Å². The van der Waals surface area contributed by atoms with Gasteiger partial charge in [-0.05, 0) is 25.7 Å². The Morgan fingerprint density at radius 2 is 2.09 bits per heavy atom. The van der Waals surface area contributed by atoms with Crippen LogP contribution in [0.25, 0.3) is 0 Å². The van der Waals surface area contributed by atoms with Gasteiger partial charge < -0.3 is 15.1 Å². The number of rotatable bonds is 4. The van der Waals surface area contributed by atoms with E-state index in [0.717, 1.165) is 44.0 Å². The Bertz CT molecular complexity index is 497. The minimum Gasteiger partial charge on any atom is -0.356 e. The molecule has 0 spiro atoms. The molecule has 2 heterocycles. The lowest BCUT2D eigenvalue weighted by atomic mass is 10.0. The van der Waals surface area contributed by atoms with E-state index in [-0.39, 0.29) is 6.03 Å². The number of nitrogens with one attached hydrogen (secondary N) is 1. The van der Waals surface area contributed by atoms with Crippen LogP contribution >= 0.6 is 0 Å². The van der Waals surface area contributed by atoms with Gasteiger partial charge in [0, 0.05) is 44.5 Å². The average Bonchev–Trinajstić information content (AvgIpc) is 2.52. The maximum Gasteiger partial charge on any atom is 0.317 e. The molecule has 1 aliphatic rings. The number of anilines is 1. The van der Waals surface area contributed by atoms with Crippen molar-refractivity contribution in [3.63, 3.8) is 0 Å². The topological polar surface area (TPSA) is 61.4 Å². The van der Waals surface area contributed by atoms with Crippen molar-refractivity contribution in [3.05, 3.63) is 18.1 Å². The predicted molar refractivity (Wildman–Crippen MR) is 88.0 cm³/mol. The summed E-state index contributed by atoms with van der Waals surface area (Å²) in [5.41, 5.74) is 0.974. The lowest BCUT2D eigenvalue weighted by Crippen LogP contribution is -2.49. The van der Waals surface area contributed by atoms with E-state index >= 15 is 0 Å². The summed E-state index contributed by atoms with van der Waals surface area (Å²) in [6, 6.07) is 2.48. The molecule has 1 saturated heterocycles. The third-order valence-electron chi connectivity index (χ3n) is 4.11. The maximum absolute atomic E-state index is 12.1. The molecule has 0 atom stereocenters. The maximum atomic E-state index is 12.1. The molecule has 1 aromatic rings. The van der Waals surface area contributed by atoms with Crippen LogP contribution < -0.4 is 10.2 Å². The van der Waals surface area contributed by atoms with Gasteiger partial charge in [-0.1, -0.05) is 13.8 Å². The molecule has 0 saturated carbocycles. The Balaban J connectivity index is 1.85. The van der Waals surface area contributed by atoms with Crippen molar-refractivity contribution < 1.29 is 4.79 Å². The molecule has 6 nitrogen and oxygen atoms in total. The van der Waals surface area contributed by atoms with Gasteiger partial charge >= 0.3 is 6.03 Å². The van der Waals surface area contributed by atoms with Gasteiger partial charge in [0.05, 0.1) is 0 Å². The number of amides is 2. The Hall–Kier alpha value is -1.85. The monoisotopic (exact) mass is 305 g/mol. The van der Waals surface area contributed by atoms with Crippen LogP contribution in [0.3, 0.4) is 0 Å². The summed E-state index contributed by atoms with van der Waals surface area (Å²) in [6.45, 7) is 8.50. The van der Waals surface area contributed by atoms with Crippen LogP contribution in [-0.4, -0.2) is 53.6 Å². The van der Waals surface area contributed by atoms with E-state index in [2.05, 4.69) is 41.1 Å². The van der Waals surface area contributed by atoms with Gasteiger partial charge in [-0.3, -0.25) is 0 Å². The van der Waals surface area contributed by atoms with Crippen LogP contribution in [-0.2, 0) is 0 Å². The fourth-order valence-electron chi connectivity index (χ4n) is 2.68. The Kier molecular flexibility index (Phi) is 5.57. The van der Waals surface area contributed by atoms with Gasteiger partial charge in [0.25, 0.3) is 0 Å². The van der Waals surface area contributed by atoms with Crippen molar-refractivity contribution >= 4 is 11.8 Å². The summed E-state index contributed by atoms with van der Waals surface area (Å²) in [4.78, 5) is 24.7. The molecule has 1 fully saturated rings. The second kappa shape index (κ2) is 7.42. The van der Waals surface area contributed by atoms with Crippen molar-refractivity contribution in [3.8, 4) is 0 Å². The third kappa shape index (κ3) is 4.32. The first-order chi connectivity index (χ1) is 10.5. The summed E-state index contributed by atoms with van der Waals surface area (Å²) in [6.07, 6.45) is 3.54. The van der Waals surface area contributed by atoms with E-state index in [1.54, 1.807) is 6.33 Å². The zero-order chi connectivity index (χ0) is 16.1. The van der Waals surface area contributed by atoms with E-state index < -0.39 is 0 Å². The van der Waals surface area contributed by atoms with Crippen molar-refractivity contribution in [1.82, 2.24) is 20.2 Å². The second-order valence-electron chi connectivity index (χ2n) is 6.43. The SMILES string of the molecule is Cc1cc(N(C)C2CCN(C(=O)NCC(C)C)CC2)ncn1. The van der Waals surface area contributed by atoms with Crippen molar-refractivity contribution in [2.45, 2.75) is 39.7 Å². The summed E-state index contributed by atoms with van der Waals surface area (Å²) in [5.74, 6) is 1.43. The molecule has 0 aromatic carbocycles. The van der Waals surface area contributed by atoms with Gasteiger partial charge in [-0.15, -0.1) is 0 Å². The minimum absolute atomic E-state index is 0.0627. The van der Waals surface area contributed by atoms with Crippen LogP contribution in [0, 0.1) is 12.8 Å². The number of urea groups is 1. The molecule has 122 valence electrons.